The minimum atomic E-state index is 0.158. The average Bonchev–Trinajstić information content (AvgIpc) is 2.37. The Bertz CT molecular complexity index is 622. The van der Waals surface area contributed by atoms with E-state index in [0.717, 1.165) is 17.9 Å². The summed E-state index contributed by atoms with van der Waals surface area (Å²) in [7, 11) is 0. The molecule has 0 aliphatic carbocycles. The molecule has 3 N–H and O–H groups in total. The highest BCUT2D eigenvalue weighted by Crippen LogP contribution is 2.28. The van der Waals surface area contributed by atoms with Gasteiger partial charge in [-0.05, 0) is 31.4 Å². The number of para-hydroxylation sites is 1. The van der Waals surface area contributed by atoms with Crippen LogP contribution in [0, 0.1) is 13.8 Å². The molecule has 20 heavy (non-hydrogen) atoms. The van der Waals surface area contributed by atoms with E-state index in [-0.39, 0.29) is 6.04 Å². The monoisotopic (exact) mass is 270 g/mol. The zero-order valence-corrected chi connectivity index (χ0v) is 11.7. The summed E-state index contributed by atoms with van der Waals surface area (Å²) in [4.78, 5) is 8.55. The van der Waals surface area contributed by atoms with E-state index in [1.54, 1.807) is 6.07 Å². The molecule has 5 nitrogen and oxygen atoms in total. The van der Waals surface area contributed by atoms with E-state index in [9.17, 15) is 0 Å². The Morgan fingerprint density at radius 2 is 2.15 bits per heavy atom. The van der Waals surface area contributed by atoms with Crippen molar-refractivity contribution in [2.45, 2.75) is 26.3 Å². The van der Waals surface area contributed by atoms with Crippen LogP contribution in [0.2, 0.25) is 0 Å². The van der Waals surface area contributed by atoms with Gasteiger partial charge in [0, 0.05) is 11.8 Å². The van der Waals surface area contributed by atoms with Crippen molar-refractivity contribution < 1.29 is 4.74 Å². The standard InChI is InChI=1S/C15H18N4O/c1-9-4-3-5-11-7-12(8-20-14(9)11)18-15-17-10(2)6-13(16)19-15/h3-6,12H,7-8H2,1-2H3,(H3,16,17,18,19). The lowest BCUT2D eigenvalue weighted by molar-refractivity contribution is 0.270. The molecule has 5 heteroatoms. The average molecular weight is 270 g/mol. The van der Waals surface area contributed by atoms with Crippen LogP contribution >= 0.6 is 0 Å². The number of hydrogen-bond acceptors (Lipinski definition) is 5. The third-order valence-electron chi connectivity index (χ3n) is 3.40. The lowest BCUT2D eigenvalue weighted by Gasteiger charge is -2.27. The molecule has 104 valence electrons. The van der Waals surface area contributed by atoms with E-state index in [1.807, 2.05) is 6.92 Å². The fourth-order valence-corrected chi connectivity index (χ4v) is 2.52. The first kappa shape index (κ1) is 12.7. The van der Waals surface area contributed by atoms with Crippen molar-refractivity contribution in [1.82, 2.24) is 9.97 Å². The Hall–Kier alpha value is -2.30. The number of ether oxygens (including phenoxy) is 1. The molecule has 0 saturated carbocycles. The molecule has 3 rings (SSSR count). The number of anilines is 2. The van der Waals surface area contributed by atoms with Gasteiger partial charge in [-0.25, -0.2) is 4.98 Å². The molecule has 0 spiro atoms. The lowest BCUT2D eigenvalue weighted by Crippen LogP contribution is -2.34. The summed E-state index contributed by atoms with van der Waals surface area (Å²) in [5.41, 5.74) is 8.99. The van der Waals surface area contributed by atoms with Gasteiger partial charge in [0.1, 0.15) is 18.2 Å². The van der Waals surface area contributed by atoms with Crippen LogP contribution in [0.25, 0.3) is 0 Å². The molecule has 0 fully saturated rings. The van der Waals surface area contributed by atoms with Crippen molar-refractivity contribution in [3.63, 3.8) is 0 Å². The van der Waals surface area contributed by atoms with Gasteiger partial charge < -0.3 is 15.8 Å². The third-order valence-corrected chi connectivity index (χ3v) is 3.40. The Morgan fingerprint density at radius 3 is 2.95 bits per heavy atom. The number of benzene rings is 1. The quantitative estimate of drug-likeness (QED) is 0.874. The molecule has 1 atom stereocenters. The first-order chi connectivity index (χ1) is 9.61. The van der Waals surface area contributed by atoms with E-state index in [1.165, 1.54) is 11.1 Å². The van der Waals surface area contributed by atoms with Gasteiger partial charge in [-0.3, -0.25) is 0 Å². The second kappa shape index (κ2) is 5.00. The van der Waals surface area contributed by atoms with Crippen LogP contribution < -0.4 is 15.8 Å². The maximum absolute atomic E-state index is 5.85. The zero-order chi connectivity index (χ0) is 14.1. The van der Waals surface area contributed by atoms with Crippen molar-refractivity contribution in [2.75, 3.05) is 17.7 Å². The van der Waals surface area contributed by atoms with Crippen LogP contribution in [-0.2, 0) is 6.42 Å². The predicted octanol–water partition coefficient (Wildman–Crippen LogP) is 2.09. The molecular weight excluding hydrogens is 252 g/mol. The first-order valence-electron chi connectivity index (χ1n) is 6.71. The molecular formula is C15H18N4O. The van der Waals surface area contributed by atoms with E-state index in [4.69, 9.17) is 10.5 Å². The summed E-state index contributed by atoms with van der Waals surface area (Å²) >= 11 is 0. The second-order valence-electron chi connectivity index (χ2n) is 5.18. The van der Waals surface area contributed by atoms with E-state index in [2.05, 4.69) is 40.4 Å². The number of fused-ring (bicyclic) bond motifs is 1. The van der Waals surface area contributed by atoms with Crippen molar-refractivity contribution in [3.8, 4) is 5.75 Å². The molecule has 1 aliphatic rings. The van der Waals surface area contributed by atoms with E-state index < -0.39 is 0 Å². The highest BCUT2D eigenvalue weighted by atomic mass is 16.5. The Kier molecular flexibility index (Phi) is 3.18. The topological polar surface area (TPSA) is 73.1 Å². The predicted molar refractivity (Wildman–Crippen MR) is 79.0 cm³/mol. The molecule has 2 heterocycles. The molecule has 1 unspecified atom stereocenters. The number of nitrogens with two attached hydrogens (primary N) is 1. The van der Waals surface area contributed by atoms with Crippen LogP contribution in [0.1, 0.15) is 16.8 Å². The maximum Gasteiger partial charge on any atom is 0.225 e. The summed E-state index contributed by atoms with van der Waals surface area (Å²) in [6, 6.07) is 8.13. The zero-order valence-electron chi connectivity index (χ0n) is 11.7. The number of nitrogens with zero attached hydrogens (tertiary/aromatic N) is 2. The minimum absolute atomic E-state index is 0.158. The SMILES string of the molecule is Cc1cc(N)nc(NC2COc3c(C)cccc3C2)n1. The normalized spacial score (nSPS) is 17.2. The largest absolute Gasteiger partial charge is 0.491 e. The summed E-state index contributed by atoms with van der Waals surface area (Å²) in [5, 5.41) is 3.30. The fraction of sp³-hybridized carbons (Fsp3) is 0.333. The summed E-state index contributed by atoms with van der Waals surface area (Å²) in [5.74, 6) is 2.05. The minimum Gasteiger partial charge on any atom is -0.491 e. The third kappa shape index (κ3) is 2.52. The molecule has 0 radical (unpaired) electrons. The number of rotatable bonds is 2. The molecule has 2 aromatic rings. The van der Waals surface area contributed by atoms with Crippen LogP contribution in [-0.4, -0.2) is 22.6 Å². The Balaban J connectivity index is 1.77. The van der Waals surface area contributed by atoms with Crippen molar-refractivity contribution in [3.05, 3.63) is 41.1 Å². The first-order valence-corrected chi connectivity index (χ1v) is 6.71. The maximum atomic E-state index is 5.85. The summed E-state index contributed by atoms with van der Waals surface area (Å²) in [6.45, 7) is 4.57. The Labute approximate surface area is 118 Å². The molecule has 1 aromatic heterocycles. The number of aryl methyl sites for hydroxylation is 2. The highest BCUT2D eigenvalue weighted by Gasteiger charge is 2.21. The number of hydrogen-bond donors (Lipinski definition) is 2. The van der Waals surface area contributed by atoms with Crippen molar-refractivity contribution >= 4 is 11.8 Å². The van der Waals surface area contributed by atoms with E-state index in [0.29, 0.717) is 18.4 Å². The van der Waals surface area contributed by atoms with Crippen LogP contribution in [0.5, 0.6) is 5.75 Å². The van der Waals surface area contributed by atoms with Gasteiger partial charge in [0.25, 0.3) is 0 Å². The van der Waals surface area contributed by atoms with Gasteiger partial charge >= 0.3 is 0 Å². The second-order valence-corrected chi connectivity index (χ2v) is 5.18. The summed E-state index contributed by atoms with van der Waals surface area (Å²) < 4.78 is 5.85. The van der Waals surface area contributed by atoms with Gasteiger partial charge in [0.05, 0.1) is 6.04 Å². The van der Waals surface area contributed by atoms with Crippen molar-refractivity contribution in [2.24, 2.45) is 0 Å². The fourth-order valence-electron chi connectivity index (χ4n) is 2.52. The summed E-state index contributed by atoms with van der Waals surface area (Å²) in [6.07, 6.45) is 0.897. The van der Waals surface area contributed by atoms with Gasteiger partial charge in [0.2, 0.25) is 5.95 Å². The van der Waals surface area contributed by atoms with Crippen molar-refractivity contribution in [1.29, 1.82) is 0 Å². The van der Waals surface area contributed by atoms with Crippen LogP contribution in [0.4, 0.5) is 11.8 Å². The number of nitrogens with one attached hydrogen (secondary N) is 1. The van der Waals surface area contributed by atoms with Crippen LogP contribution in [0.3, 0.4) is 0 Å². The molecule has 1 aliphatic heterocycles. The van der Waals surface area contributed by atoms with Gasteiger partial charge in [0.15, 0.2) is 0 Å². The highest BCUT2D eigenvalue weighted by molar-refractivity contribution is 5.44. The Morgan fingerprint density at radius 1 is 1.30 bits per heavy atom. The molecule has 0 saturated heterocycles. The van der Waals surface area contributed by atoms with Crippen LogP contribution in [0.15, 0.2) is 24.3 Å². The van der Waals surface area contributed by atoms with E-state index >= 15 is 0 Å². The van der Waals surface area contributed by atoms with Gasteiger partial charge in [-0.1, -0.05) is 18.2 Å². The number of aromatic nitrogens is 2. The smallest absolute Gasteiger partial charge is 0.225 e. The molecule has 0 bridgehead atoms. The molecule has 1 aromatic carbocycles. The van der Waals surface area contributed by atoms with Gasteiger partial charge in [-0.15, -0.1) is 0 Å². The number of nitrogen functional groups attached to an aromatic ring is 1. The van der Waals surface area contributed by atoms with Gasteiger partial charge in [-0.2, -0.15) is 4.98 Å². The molecule has 0 amide bonds. The lowest BCUT2D eigenvalue weighted by atomic mass is 10.0.